The molecule has 2 aromatic carbocycles. The standard InChI is InChI=1S/C26H24N4O2S/c1-31-20-12-9-17(10-13-20)25-28-29-26(32-25)18-11-14-22-21(16-18)27-24(23-8-5-15-33-23)30(22)19-6-3-2-4-7-19/h5,8-16,19H,2-4,6-7H2,1H3. The first-order valence-corrected chi connectivity index (χ1v) is 12.2. The average Bonchev–Trinajstić information content (AvgIpc) is 3.64. The molecule has 3 aromatic heterocycles. The van der Waals surface area contributed by atoms with Crippen LogP contribution in [0, 0.1) is 0 Å². The van der Waals surface area contributed by atoms with E-state index in [0.717, 1.165) is 28.2 Å². The number of hydrogen-bond acceptors (Lipinski definition) is 6. The molecule has 5 aromatic rings. The number of fused-ring (bicyclic) bond motifs is 1. The summed E-state index contributed by atoms with van der Waals surface area (Å²) in [6.45, 7) is 0. The van der Waals surface area contributed by atoms with Crippen LogP contribution in [-0.4, -0.2) is 26.9 Å². The van der Waals surface area contributed by atoms with Crippen molar-refractivity contribution in [2.24, 2.45) is 0 Å². The number of aromatic nitrogens is 4. The summed E-state index contributed by atoms with van der Waals surface area (Å²) in [5.74, 6) is 2.83. The molecule has 0 amide bonds. The molecule has 6 rings (SSSR count). The number of ether oxygens (including phenoxy) is 1. The Hall–Kier alpha value is -3.45. The first kappa shape index (κ1) is 20.2. The monoisotopic (exact) mass is 456 g/mol. The second-order valence-electron chi connectivity index (χ2n) is 8.42. The molecule has 0 saturated heterocycles. The van der Waals surface area contributed by atoms with E-state index in [1.165, 1.54) is 42.5 Å². The van der Waals surface area contributed by atoms with E-state index < -0.39 is 0 Å². The molecule has 3 heterocycles. The van der Waals surface area contributed by atoms with Crippen LogP contribution in [0.2, 0.25) is 0 Å². The molecule has 0 radical (unpaired) electrons. The highest BCUT2D eigenvalue weighted by Gasteiger charge is 2.23. The Morgan fingerprint density at radius 1 is 0.939 bits per heavy atom. The van der Waals surface area contributed by atoms with E-state index in [4.69, 9.17) is 14.1 Å². The molecule has 0 spiro atoms. The topological polar surface area (TPSA) is 66.0 Å². The Morgan fingerprint density at radius 2 is 1.70 bits per heavy atom. The maximum Gasteiger partial charge on any atom is 0.248 e. The quantitative estimate of drug-likeness (QED) is 0.285. The van der Waals surface area contributed by atoms with E-state index >= 15 is 0 Å². The van der Waals surface area contributed by atoms with Crippen LogP contribution in [0.3, 0.4) is 0 Å². The molecule has 166 valence electrons. The van der Waals surface area contributed by atoms with Crippen molar-refractivity contribution >= 4 is 22.4 Å². The lowest BCUT2D eigenvalue weighted by atomic mass is 9.95. The molecule has 7 heteroatoms. The van der Waals surface area contributed by atoms with Gasteiger partial charge in [0.05, 0.1) is 23.0 Å². The molecule has 1 saturated carbocycles. The minimum atomic E-state index is 0.486. The van der Waals surface area contributed by atoms with E-state index in [9.17, 15) is 0 Å². The summed E-state index contributed by atoms with van der Waals surface area (Å²) < 4.78 is 13.7. The van der Waals surface area contributed by atoms with Crippen LogP contribution in [-0.2, 0) is 0 Å². The highest BCUT2D eigenvalue weighted by Crippen LogP contribution is 2.38. The fourth-order valence-electron chi connectivity index (χ4n) is 4.71. The van der Waals surface area contributed by atoms with Crippen molar-refractivity contribution in [3.63, 3.8) is 0 Å². The molecular weight excluding hydrogens is 432 g/mol. The molecule has 0 unspecified atom stereocenters. The number of thiophene rings is 1. The van der Waals surface area contributed by atoms with Crippen LogP contribution >= 0.6 is 11.3 Å². The fourth-order valence-corrected chi connectivity index (χ4v) is 5.42. The van der Waals surface area contributed by atoms with E-state index in [2.05, 4.69) is 50.5 Å². The maximum atomic E-state index is 6.01. The maximum absolute atomic E-state index is 6.01. The van der Waals surface area contributed by atoms with Gasteiger partial charge in [0, 0.05) is 17.2 Å². The summed E-state index contributed by atoms with van der Waals surface area (Å²) in [6, 6.07) is 18.6. The molecule has 0 aliphatic heterocycles. The number of nitrogens with zero attached hydrogens (tertiary/aromatic N) is 4. The Labute approximate surface area is 195 Å². The lowest BCUT2D eigenvalue weighted by Gasteiger charge is -2.25. The van der Waals surface area contributed by atoms with Crippen molar-refractivity contribution in [3.05, 3.63) is 60.0 Å². The van der Waals surface area contributed by atoms with E-state index in [0.29, 0.717) is 17.8 Å². The first-order valence-electron chi connectivity index (χ1n) is 11.3. The predicted octanol–water partition coefficient (Wildman–Crippen LogP) is 7.00. The zero-order valence-electron chi connectivity index (χ0n) is 18.4. The molecule has 0 atom stereocenters. The van der Waals surface area contributed by atoms with Crippen molar-refractivity contribution in [2.75, 3.05) is 7.11 Å². The molecule has 0 N–H and O–H groups in total. The minimum Gasteiger partial charge on any atom is -0.497 e. The van der Waals surface area contributed by atoms with E-state index in [1.807, 2.05) is 24.3 Å². The van der Waals surface area contributed by atoms with Crippen LogP contribution in [0.1, 0.15) is 38.1 Å². The summed E-state index contributed by atoms with van der Waals surface area (Å²) in [7, 11) is 1.65. The van der Waals surface area contributed by atoms with Crippen LogP contribution in [0.15, 0.2) is 64.4 Å². The van der Waals surface area contributed by atoms with Gasteiger partial charge in [-0.2, -0.15) is 0 Å². The van der Waals surface area contributed by atoms with E-state index in [-0.39, 0.29) is 0 Å². The number of imidazole rings is 1. The molecule has 33 heavy (non-hydrogen) atoms. The van der Waals surface area contributed by atoms with Gasteiger partial charge in [0.15, 0.2) is 5.82 Å². The summed E-state index contributed by atoms with van der Waals surface area (Å²) in [5.41, 5.74) is 3.87. The number of benzene rings is 2. The second kappa shape index (κ2) is 8.48. The van der Waals surface area contributed by atoms with Gasteiger partial charge in [-0.1, -0.05) is 25.3 Å². The number of rotatable bonds is 5. The predicted molar refractivity (Wildman–Crippen MR) is 130 cm³/mol. The van der Waals surface area contributed by atoms with Crippen molar-refractivity contribution < 1.29 is 9.15 Å². The fraction of sp³-hybridized carbons (Fsp3) is 0.269. The highest BCUT2D eigenvalue weighted by atomic mass is 32.1. The van der Waals surface area contributed by atoms with Gasteiger partial charge >= 0.3 is 0 Å². The third kappa shape index (κ3) is 3.72. The number of methoxy groups -OCH3 is 1. The van der Waals surface area contributed by atoms with Crippen molar-refractivity contribution in [2.45, 2.75) is 38.1 Å². The van der Waals surface area contributed by atoms with Gasteiger partial charge in [-0.25, -0.2) is 4.98 Å². The lowest BCUT2D eigenvalue weighted by Crippen LogP contribution is -2.13. The molecule has 1 aliphatic carbocycles. The van der Waals surface area contributed by atoms with Gasteiger partial charge in [-0.05, 0) is 66.8 Å². The van der Waals surface area contributed by atoms with Crippen molar-refractivity contribution in [1.29, 1.82) is 0 Å². The molecular formula is C26H24N4O2S. The largest absolute Gasteiger partial charge is 0.497 e. The lowest BCUT2D eigenvalue weighted by molar-refractivity contribution is 0.362. The zero-order chi connectivity index (χ0) is 22.2. The zero-order valence-corrected chi connectivity index (χ0v) is 19.2. The summed E-state index contributed by atoms with van der Waals surface area (Å²) in [6.07, 6.45) is 6.31. The van der Waals surface area contributed by atoms with Crippen LogP contribution in [0.4, 0.5) is 0 Å². The van der Waals surface area contributed by atoms with Gasteiger partial charge in [0.1, 0.15) is 5.75 Å². The van der Waals surface area contributed by atoms with Gasteiger partial charge in [-0.15, -0.1) is 21.5 Å². The summed E-state index contributed by atoms with van der Waals surface area (Å²) in [4.78, 5) is 6.28. The van der Waals surface area contributed by atoms with Gasteiger partial charge in [0.25, 0.3) is 0 Å². The molecule has 1 aliphatic rings. The molecule has 0 bridgehead atoms. The SMILES string of the molecule is COc1ccc(-c2nnc(-c3ccc4c(c3)nc(-c3cccs3)n4C3CCCCC3)o2)cc1. The third-order valence-electron chi connectivity index (χ3n) is 6.38. The van der Waals surface area contributed by atoms with Crippen molar-refractivity contribution in [1.82, 2.24) is 19.7 Å². The summed E-state index contributed by atoms with van der Waals surface area (Å²) in [5, 5.41) is 10.7. The van der Waals surface area contributed by atoms with Gasteiger partial charge in [-0.3, -0.25) is 0 Å². The van der Waals surface area contributed by atoms with Crippen LogP contribution in [0.25, 0.3) is 44.6 Å². The van der Waals surface area contributed by atoms with E-state index in [1.54, 1.807) is 18.4 Å². The van der Waals surface area contributed by atoms with Crippen LogP contribution in [0.5, 0.6) is 5.75 Å². The Morgan fingerprint density at radius 3 is 2.42 bits per heavy atom. The molecule has 1 fully saturated rings. The van der Waals surface area contributed by atoms with Crippen LogP contribution < -0.4 is 4.74 Å². The number of hydrogen-bond donors (Lipinski definition) is 0. The second-order valence-corrected chi connectivity index (χ2v) is 9.37. The Bertz CT molecular complexity index is 1380. The third-order valence-corrected chi connectivity index (χ3v) is 7.25. The smallest absolute Gasteiger partial charge is 0.248 e. The summed E-state index contributed by atoms with van der Waals surface area (Å²) >= 11 is 1.74. The minimum absolute atomic E-state index is 0.486. The Balaban J connectivity index is 1.40. The van der Waals surface area contributed by atoms with Gasteiger partial charge in [0.2, 0.25) is 11.8 Å². The Kier molecular flexibility index (Phi) is 5.19. The van der Waals surface area contributed by atoms with Gasteiger partial charge < -0.3 is 13.7 Å². The first-order chi connectivity index (χ1) is 16.3. The highest BCUT2D eigenvalue weighted by molar-refractivity contribution is 7.13. The van der Waals surface area contributed by atoms with Crippen molar-refractivity contribution in [3.8, 4) is 39.4 Å². The average molecular weight is 457 g/mol. The normalized spacial score (nSPS) is 14.7. The molecule has 6 nitrogen and oxygen atoms in total.